The van der Waals surface area contributed by atoms with Crippen LogP contribution in [0.4, 0.5) is 16.3 Å². The first kappa shape index (κ1) is 27.5. The van der Waals surface area contributed by atoms with E-state index in [2.05, 4.69) is 22.4 Å². The predicted octanol–water partition coefficient (Wildman–Crippen LogP) is 4.86. The summed E-state index contributed by atoms with van der Waals surface area (Å²) in [7, 11) is 0. The molecule has 0 spiro atoms. The number of ether oxygens (including phenoxy) is 3. The molecule has 7 rings (SSSR count). The molecule has 3 aliphatic heterocycles. The Labute approximate surface area is 251 Å². The molecule has 10 nitrogen and oxygen atoms in total. The number of carbonyl (C=O) groups excluding carboxylic acids is 2. The standard InChI is InChI=1S/C33H37N5O5/c39-32(24-7-4-8-27(18-24)38-12-10-34-33(38)40)37(11-9-23-5-2-1-3-6-23)21-26-17-25-19-29-30(43-22-42-29)20-28(25)35-31(26)36-13-15-41-16-14-36/h4-5,7-8,17-20H,1-3,6,9-16,21-22H2,(H,34,40). The van der Waals surface area contributed by atoms with Gasteiger partial charge in [0.25, 0.3) is 5.91 Å². The lowest BCUT2D eigenvalue weighted by Gasteiger charge is -2.32. The second-order valence-electron chi connectivity index (χ2n) is 11.5. The quantitative estimate of drug-likeness (QED) is 0.378. The van der Waals surface area contributed by atoms with Crippen molar-refractivity contribution in [2.24, 2.45) is 0 Å². The Hall–Kier alpha value is -4.31. The van der Waals surface area contributed by atoms with Crippen molar-refractivity contribution >= 4 is 34.3 Å². The fourth-order valence-corrected chi connectivity index (χ4v) is 6.34. The van der Waals surface area contributed by atoms with Crippen LogP contribution in [0, 0.1) is 0 Å². The van der Waals surface area contributed by atoms with E-state index < -0.39 is 0 Å². The number of urea groups is 1. The van der Waals surface area contributed by atoms with Gasteiger partial charge in [0.15, 0.2) is 11.5 Å². The van der Waals surface area contributed by atoms with E-state index in [0.717, 1.165) is 60.3 Å². The van der Waals surface area contributed by atoms with Gasteiger partial charge in [-0.25, -0.2) is 9.78 Å². The zero-order chi connectivity index (χ0) is 29.2. The summed E-state index contributed by atoms with van der Waals surface area (Å²) >= 11 is 0. The third-order valence-corrected chi connectivity index (χ3v) is 8.67. The van der Waals surface area contributed by atoms with Gasteiger partial charge in [-0.05, 0) is 62.4 Å². The fourth-order valence-electron chi connectivity index (χ4n) is 6.34. The molecule has 0 unspecified atom stereocenters. The van der Waals surface area contributed by atoms with Crippen molar-refractivity contribution in [1.82, 2.24) is 15.2 Å². The molecule has 2 saturated heterocycles. The van der Waals surface area contributed by atoms with Crippen molar-refractivity contribution in [3.8, 4) is 11.5 Å². The average Bonchev–Trinajstić information content (AvgIpc) is 3.70. The van der Waals surface area contributed by atoms with Gasteiger partial charge < -0.3 is 29.3 Å². The summed E-state index contributed by atoms with van der Waals surface area (Å²) in [5.41, 5.74) is 4.53. The molecule has 4 aliphatic rings. The number of nitrogens with zero attached hydrogens (tertiary/aromatic N) is 4. The summed E-state index contributed by atoms with van der Waals surface area (Å²) in [6.45, 7) is 5.11. The molecule has 3 amide bonds. The molecule has 10 heteroatoms. The normalized spacial score (nSPS) is 18.1. The van der Waals surface area contributed by atoms with Crippen LogP contribution in [0.3, 0.4) is 0 Å². The lowest BCUT2D eigenvalue weighted by atomic mass is 9.97. The van der Waals surface area contributed by atoms with E-state index in [1.807, 2.05) is 41.3 Å². The van der Waals surface area contributed by atoms with Crippen LogP contribution in [0.2, 0.25) is 0 Å². The maximum atomic E-state index is 14.3. The Morgan fingerprint density at radius 3 is 2.67 bits per heavy atom. The zero-order valence-corrected chi connectivity index (χ0v) is 24.3. The van der Waals surface area contributed by atoms with Gasteiger partial charge in [0.05, 0.1) is 18.7 Å². The van der Waals surface area contributed by atoms with Gasteiger partial charge >= 0.3 is 6.03 Å². The molecule has 0 bridgehead atoms. The number of hydrogen-bond acceptors (Lipinski definition) is 7. The third-order valence-electron chi connectivity index (χ3n) is 8.67. The average molecular weight is 584 g/mol. The van der Waals surface area contributed by atoms with Gasteiger partial charge in [-0.1, -0.05) is 17.7 Å². The number of carbonyl (C=O) groups is 2. The van der Waals surface area contributed by atoms with E-state index >= 15 is 0 Å². The molecule has 1 aromatic heterocycles. The largest absolute Gasteiger partial charge is 0.454 e. The van der Waals surface area contributed by atoms with Crippen LogP contribution < -0.4 is 24.6 Å². The van der Waals surface area contributed by atoms with Gasteiger partial charge in [-0.2, -0.15) is 0 Å². The minimum absolute atomic E-state index is 0.0587. The summed E-state index contributed by atoms with van der Waals surface area (Å²) in [4.78, 5) is 37.6. The van der Waals surface area contributed by atoms with Gasteiger partial charge in [0.2, 0.25) is 6.79 Å². The fraction of sp³-hybridized carbons (Fsp3) is 0.424. The number of morpholine rings is 1. The highest BCUT2D eigenvalue weighted by Crippen LogP contribution is 2.37. The van der Waals surface area contributed by atoms with Crippen molar-refractivity contribution in [2.75, 3.05) is 62.5 Å². The third kappa shape index (κ3) is 5.84. The number of aromatic nitrogens is 1. The highest BCUT2D eigenvalue weighted by atomic mass is 16.7. The SMILES string of the molecule is O=C(c1cccc(N2CCNC2=O)c1)N(CCC1=CCCCC1)Cc1cc2cc3c(cc2nc1N1CCOCC1)OCO3. The van der Waals surface area contributed by atoms with Gasteiger partial charge in [0.1, 0.15) is 5.82 Å². The summed E-state index contributed by atoms with van der Waals surface area (Å²) < 4.78 is 16.9. The molecule has 2 fully saturated rings. The molecule has 0 atom stereocenters. The van der Waals surface area contributed by atoms with E-state index in [1.54, 1.807) is 4.90 Å². The first-order chi connectivity index (χ1) is 21.1. The number of rotatable bonds is 8. The first-order valence-corrected chi connectivity index (χ1v) is 15.3. The number of fused-ring (bicyclic) bond motifs is 2. The maximum Gasteiger partial charge on any atom is 0.321 e. The number of hydrogen-bond donors (Lipinski definition) is 1. The van der Waals surface area contributed by atoms with Crippen molar-refractivity contribution in [1.29, 1.82) is 0 Å². The summed E-state index contributed by atoms with van der Waals surface area (Å²) in [6.07, 6.45) is 7.81. The van der Waals surface area contributed by atoms with Crippen LogP contribution in [0.25, 0.3) is 10.9 Å². The first-order valence-electron chi connectivity index (χ1n) is 15.3. The van der Waals surface area contributed by atoms with Crippen LogP contribution in [0.1, 0.15) is 48.0 Å². The molecular weight excluding hydrogens is 546 g/mol. The molecule has 224 valence electrons. The zero-order valence-electron chi connectivity index (χ0n) is 24.3. The Morgan fingerprint density at radius 2 is 1.88 bits per heavy atom. The van der Waals surface area contributed by atoms with E-state index in [4.69, 9.17) is 19.2 Å². The van der Waals surface area contributed by atoms with Gasteiger partial charge in [-0.15, -0.1) is 0 Å². The van der Waals surface area contributed by atoms with Gasteiger partial charge in [-0.3, -0.25) is 9.69 Å². The van der Waals surface area contributed by atoms with E-state index in [9.17, 15) is 9.59 Å². The van der Waals surface area contributed by atoms with Crippen molar-refractivity contribution in [3.05, 3.63) is 65.2 Å². The van der Waals surface area contributed by atoms with Crippen LogP contribution in [0.15, 0.2) is 54.1 Å². The summed E-state index contributed by atoms with van der Waals surface area (Å²) in [5, 5.41) is 3.79. The molecule has 0 radical (unpaired) electrons. The number of anilines is 2. The Kier molecular flexibility index (Phi) is 7.76. The minimum atomic E-state index is -0.135. The number of benzene rings is 2. The number of allylic oxidation sites excluding steroid dienone is 1. The number of amides is 3. The minimum Gasteiger partial charge on any atom is -0.454 e. The molecule has 3 aromatic rings. The molecule has 1 N–H and O–H groups in total. The van der Waals surface area contributed by atoms with E-state index in [0.29, 0.717) is 56.5 Å². The molecule has 0 saturated carbocycles. The van der Waals surface area contributed by atoms with Gasteiger partial charge in [0, 0.05) is 67.5 Å². The Balaban J connectivity index is 1.24. The van der Waals surface area contributed by atoms with Crippen molar-refractivity contribution in [2.45, 2.75) is 38.6 Å². The van der Waals surface area contributed by atoms with Crippen LogP contribution >= 0.6 is 0 Å². The maximum absolute atomic E-state index is 14.3. The van der Waals surface area contributed by atoms with Crippen molar-refractivity contribution in [3.63, 3.8) is 0 Å². The van der Waals surface area contributed by atoms with Crippen LogP contribution in [-0.4, -0.2) is 74.6 Å². The second kappa shape index (κ2) is 12.1. The highest BCUT2D eigenvalue weighted by Gasteiger charge is 2.26. The molecule has 1 aliphatic carbocycles. The topological polar surface area (TPSA) is 96.5 Å². The number of pyridine rings is 1. The molecule has 43 heavy (non-hydrogen) atoms. The smallest absolute Gasteiger partial charge is 0.321 e. The highest BCUT2D eigenvalue weighted by molar-refractivity contribution is 5.98. The van der Waals surface area contributed by atoms with E-state index in [1.165, 1.54) is 18.4 Å². The Morgan fingerprint density at radius 1 is 1.02 bits per heavy atom. The monoisotopic (exact) mass is 583 g/mol. The van der Waals surface area contributed by atoms with Crippen molar-refractivity contribution < 1.29 is 23.8 Å². The predicted molar refractivity (Wildman–Crippen MR) is 164 cm³/mol. The van der Waals surface area contributed by atoms with Crippen LogP contribution in [0.5, 0.6) is 11.5 Å². The lowest BCUT2D eigenvalue weighted by Crippen LogP contribution is -2.38. The molecular formula is C33H37N5O5. The molecule has 2 aromatic carbocycles. The summed E-state index contributed by atoms with van der Waals surface area (Å²) in [5.74, 6) is 2.22. The molecule has 4 heterocycles. The van der Waals surface area contributed by atoms with E-state index in [-0.39, 0.29) is 18.7 Å². The summed E-state index contributed by atoms with van der Waals surface area (Å²) in [6, 6.07) is 13.3. The lowest BCUT2D eigenvalue weighted by molar-refractivity contribution is 0.0744. The Bertz CT molecular complexity index is 1570. The number of nitrogens with one attached hydrogen (secondary N) is 1. The second-order valence-corrected chi connectivity index (χ2v) is 11.5. The van der Waals surface area contributed by atoms with Crippen LogP contribution in [-0.2, 0) is 11.3 Å².